The third-order valence-corrected chi connectivity index (χ3v) is 6.29. The van der Waals surface area contributed by atoms with Crippen LogP contribution in [-0.4, -0.2) is 41.2 Å². The van der Waals surface area contributed by atoms with E-state index in [1.165, 1.54) is 16.8 Å². The van der Waals surface area contributed by atoms with E-state index in [0.29, 0.717) is 29.1 Å². The van der Waals surface area contributed by atoms with E-state index in [1.54, 1.807) is 22.9 Å². The lowest BCUT2D eigenvalue weighted by Crippen LogP contribution is -2.31. The number of rotatable bonds is 5. The highest BCUT2D eigenvalue weighted by Crippen LogP contribution is 2.35. The summed E-state index contributed by atoms with van der Waals surface area (Å²) in [5, 5.41) is 7.00. The Hall–Kier alpha value is -3.83. The molecule has 1 N–H and O–H groups in total. The molecule has 36 heavy (non-hydrogen) atoms. The molecule has 1 amide bonds. The van der Waals surface area contributed by atoms with Crippen LogP contribution in [0.2, 0.25) is 0 Å². The normalized spacial score (nSPS) is 15.8. The number of hydrogen-bond acceptors (Lipinski definition) is 5. The van der Waals surface area contributed by atoms with Crippen molar-refractivity contribution in [2.45, 2.75) is 52.4 Å². The van der Waals surface area contributed by atoms with Gasteiger partial charge in [0, 0.05) is 31.9 Å². The van der Waals surface area contributed by atoms with E-state index >= 15 is 0 Å². The summed E-state index contributed by atoms with van der Waals surface area (Å²) >= 11 is 0. The van der Waals surface area contributed by atoms with Crippen molar-refractivity contribution < 1.29 is 22.4 Å². The van der Waals surface area contributed by atoms with Crippen LogP contribution >= 0.6 is 0 Å². The van der Waals surface area contributed by atoms with Gasteiger partial charge in [0.1, 0.15) is 17.3 Å². The van der Waals surface area contributed by atoms with Crippen molar-refractivity contribution in [1.29, 1.82) is 0 Å². The predicted molar refractivity (Wildman–Crippen MR) is 122 cm³/mol. The largest absolute Gasteiger partial charge is 0.392 e. The van der Waals surface area contributed by atoms with E-state index in [9.17, 15) is 22.4 Å². The van der Waals surface area contributed by atoms with Crippen LogP contribution < -0.4 is 5.32 Å². The summed E-state index contributed by atoms with van der Waals surface area (Å²) in [7, 11) is 0. The molecule has 12 heteroatoms. The molecule has 1 aliphatic rings. The minimum absolute atomic E-state index is 0.0436. The van der Waals surface area contributed by atoms with Gasteiger partial charge in [-0.1, -0.05) is 13.0 Å². The maximum atomic E-state index is 14.9. The third kappa shape index (κ3) is 4.42. The molecule has 0 saturated heterocycles. The van der Waals surface area contributed by atoms with Gasteiger partial charge >= 0.3 is 6.18 Å². The average molecular weight is 501 g/mol. The van der Waals surface area contributed by atoms with Crippen LogP contribution in [0.25, 0.3) is 17.2 Å². The molecule has 0 radical (unpaired) electrons. The summed E-state index contributed by atoms with van der Waals surface area (Å²) in [5.74, 6) is -1.80. The monoisotopic (exact) mass is 501 g/mol. The minimum Gasteiger partial charge on any atom is -0.347 e. The smallest absolute Gasteiger partial charge is 0.347 e. The van der Waals surface area contributed by atoms with E-state index in [0.717, 1.165) is 5.56 Å². The molecule has 4 heterocycles. The molecule has 188 valence electrons. The quantitative estimate of drug-likeness (QED) is 0.417. The summed E-state index contributed by atoms with van der Waals surface area (Å²) in [5.41, 5.74) is 2.46. The van der Waals surface area contributed by atoms with Gasteiger partial charge in [0.15, 0.2) is 5.82 Å². The molecule has 0 aliphatic carbocycles. The Bertz CT molecular complexity index is 1460. The van der Waals surface area contributed by atoms with Crippen LogP contribution in [0, 0.1) is 18.7 Å². The summed E-state index contributed by atoms with van der Waals surface area (Å²) in [4.78, 5) is 25.8. The molecule has 1 aliphatic heterocycles. The second kappa shape index (κ2) is 8.99. The number of alkyl halides is 3. The SMILES string of the molecule is CCc1nc2ncc(C)cn2c1C(=O)NCc1ccc(-c2nc3n(n2)CCC(C(F)(F)F)C3)c(F)c1. The number of aryl methyl sites for hydroxylation is 3. The summed E-state index contributed by atoms with van der Waals surface area (Å²) in [6.07, 6.45) is -0.659. The standard InChI is InChI=1S/C24H23F4N7O/c1-3-18-20(34-12-13(2)10-30-23(34)31-18)22(36)29-11-14-4-5-16(17(25)8-14)21-32-19-9-15(24(26,27)28)6-7-35(19)33-21/h4-5,8,10,12,15H,3,6-7,9,11H2,1-2H3,(H,29,36). The van der Waals surface area contributed by atoms with Gasteiger partial charge in [-0.2, -0.15) is 18.3 Å². The van der Waals surface area contributed by atoms with Crippen molar-refractivity contribution in [2.75, 3.05) is 0 Å². The fourth-order valence-electron chi connectivity index (χ4n) is 4.38. The van der Waals surface area contributed by atoms with Crippen LogP contribution in [-0.2, 0) is 25.9 Å². The van der Waals surface area contributed by atoms with Crippen molar-refractivity contribution in [3.05, 3.63) is 64.7 Å². The highest BCUT2D eigenvalue weighted by atomic mass is 19.4. The molecular weight excluding hydrogens is 478 g/mol. The van der Waals surface area contributed by atoms with Gasteiger partial charge in [-0.3, -0.25) is 9.20 Å². The molecule has 0 bridgehead atoms. The molecular formula is C24H23F4N7O. The number of nitrogens with one attached hydrogen (secondary N) is 1. The first kappa shape index (κ1) is 23.9. The number of halogens is 4. The zero-order valence-corrected chi connectivity index (χ0v) is 19.6. The summed E-state index contributed by atoms with van der Waals surface area (Å²) < 4.78 is 57.2. The Labute approximate surface area is 203 Å². The van der Waals surface area contributed by atoms with E-state index in [1.807, 2.05) is 13.8 Å². The highest BCUT2D eigenvalue weighted by molar-refractivity contribution is 5.94. The van der Waals surface area contributed by atoms with Gasteiger partial charge in [0.2, 0.25) is 5.78 Å². The molecule has 5 rings (SSSR count). The summed E-state index contributed by atoms with van der Waals surface area (Å²) in [6, 6.07) is 4.35. The number of benzene rings is 1. The van der Waals surface area contributed by atoms with Crippen LogP contribution in [0.1, 0.15) is 46.5 Å². The Morgan fingerprint density at radius 1 is 1.25 bits per heavy atom. The van der Waals surface area contributed by atoms with E-state index in [2.05, 4.69) is 25.4 Å². The van der Waals surface area contributed by atoms with Gasteiger partial charge in [0.25, 0.3) is 5.91 Å². The number of carbonyl (C=O) groups is 1. The van der Waals surface area contributed by atoms with Crippen LogP contribution in [0.5, 0.6) is 0 Å². The molecule has 4 aromatic rings. The fraction of sp³-hybridized carbons (Fsp3) is 0.375. The Kier molecular flexibility index (Phi) is 5.97. The average Bonchev–Trinajstić information content (AvgIpc) is 3.42. The lowest BCUT2D eigenvalue weighted by molar-refractivity contribution is -0.179. The first-order chi connectivity index (χ1) is 17.1. The lowest BCUT2D eigenvalue weighted by Gasteiger charge is -2.24. The van der Waals surface area contributed by atoms with E-state index < -0.39 is 17.9 Å². The zero-order chi connectivity index (χ0) is 25.6. The second-order valence-corrected chi connectivity index (χ2v) is 8.86. The predicted octanol–water partition coefficient (Wildman–Crippen LogP) is 4.05. The van der Waals surface area contributed by atoms with Gasteiger partial charge < -0.3 is 5.32 Å². The Morgan fingerprint density at radius 2 is 2.06 bits per heavy atom. The van der Waals surface area contributed by atoms with Gasteiger partial charge in [-0.25, -0.2) is 24.0 Å². The lowest BCUT2D eigenvalue weighted by atomic mass is 9.98. The molecule has 1 atom stereocenters. The summed E-state index contributed by atoms with van der Waals surface area (Å²) in [6.45, 7) is 3.90. The first-order valence-electron chi connectivity index (χ1n) is 11.5. The number of imidazole rings is 1. The van der Waals surface area contributed by atoms with Crippen molar-refractivity contribution in [3.63, 3.8) is 0 Å². The minimum atomic E-state index is -4.30. The number of hydrogen-bond donors (Lipinski definition) is 1. The Morgan fingerprint density at radius 3 is 2.78 bits per heavy atom. The molecule has 1 aromatic carbocycles. The van der Waals surface area contributed by atoms with Gasteiger partial charge in [-0.05, 0) is 43.0 Å². The number of carbonyl (C=O) groups excluding carboxylic acids is 1. The number of fused-ring (bicyclic) bond motifs is 2. The number of nitrogens with zero attached hydrogens (tertiary/aromatic N) is 6. The Balaban J connectivity index is 1.32. The zero-order valence-electron chi connectivity index (χ0n) is 19.6. The highest BCUT2D eigenvalue weighted by Gasteiger charge is 2.42. The third-order valence-electron chi connectivity index (χ3n) is 6.29. The van der Waals surface area contributed by atoms with Crippen molar-refractivity contribution in [1.82, 2.24) is 34.4 Å². The molecule has 3 aromatic heterocycles. The van der Waals surface area contributed by atoms with Crippen molar-refractivity contribution in [3.8, 4) is 11.4 Å². The molecule has 0 spiro atoms. The topological polar surface area (TPSA) is 90.0 Å². The van der Waals surface area contributed by atoms with E-state index in [4.69, 9.17) is 0 Å². The van der Waals surface area contributed by atoms with Crippen molar-refractivity contribution >= 4 is 11.7 Å². The number of aromatic nitrogens is 6. The molecule has 0 fully saturated rings. The van der Waals surface area contributed by atoms with Crippen LogP contribution in [0.3, 0.4) is 0 Å². The molecule has 0 saturated carbocycles. The van der Waals surface area contributed by atoms with Crippen molar-refractivity contribution in [2.24, 2.45) is 5.92 Å². The molecule has 1 unspecified atom stereocenters. The number of amides is 1. The van der Waals surface area contributed by atoms with Gasteiger partial charge in [-0.15, -0.1) is 0 Å². The maximum Gasteiger partial charge on any atom is 0.392 e. The van der Waals surface area contributed by atoms with Crippen LogP contribution in [0.15, 0.2) is 30.6 Å². The maximum absolute atomic E-state index is 14.9. The first-order valence-corrected chi connectivity index (χ1v) is 11.5. The van der Waals surface area contributed by atoms with E-state index in [-0.39, 0.29) is 49.1 Å². The second-order valence-electron chi connectivity index (χ2n) is 8.86. The fourth-order valence-corrected chi connectivity index (χ4v) is 4.38. The van der Waals surface area contributed by atoms with Gasteiger partial charge in [0.05, 0.1) is 17.2 Å². The molecule has 8 nitrogen and oxygen atoms in total. The van der Waals surface area contributed by atoms with Crippen LogP contribution in [0.4, 0.5) is 17.6 Å².